The number of carboxylic acid groups (broad SMARTS) is 1. The third-order valence-electron chi connectivity index (χ3n) is 4.25. The van der Waals surface area contributed by atoms with Crippen LogP contribution < -0.4 is 19.5 Å². The number of para-hydroxylation sites is 1. The number of rotatable bonds is 5. The van der Waals surface area contributed by atoms with E-state index in [0.717, 1.165) is 0 Å². The third-order valence-corrected chi connectivity index (χ3v) is 4.25. The summed E-state index contributed by atoms with van der Waals surface area (Å²) in [6.45, 7) is 0.856. The van der Waals surface area contributed by atoms with Gasteiger partial charge in [-0.05, 0) is 42.5 Å². The fraction of sp³-hybridized carbons (Fsp3) is 0.0909. The van der Waals surface area contributed by atoms with E-state index in [0.29, 0.717) is 41.8 Å². The number of amides is 1. The van der Waals surface area contributed by atoms with E-state index < -0.39 is 11.9 Å². The maximum Gasteiger partial charge on any atom is 0.337 e. The number of benzene rings is 3. The molecule has 0 atom stereocenters. The molecule has 3 aromatic rings. The van der Waals surface area contributed by atoms with Crippen LogP contribution in [-0.2, 0) is 0 Å². The second-order valence-electron chi connectivity index (χ2n) is 6.24. The number of hydrogen-bond donors (Lipinski definition) is 2. The lowest BCUT2D eigenvalue weighted by atomic mass is 10.1. The average Bonchev–Trinajstić information content (AvgIpc) is 2.74. The van der Waals surface area contributed by atoms with Crippen LogP contribution >= 0.6 is 0 Å². The first-order chi connectivity index (χ1) is 14.1. The van der Waals surface area contributed by atoms with E-state index in [1.165, 1.54) is 18.2 Å². The molecular weight excluding hydrogens is 374 g/mol. The Labute approximate surface area is 166 Å². The Kier molecular flexibility index (Phi) is 5.03. The molecule has 1 aliphatic rings. The Hall–Kier alpha value is -4.00. The molecular formula is C22H17NO6. The van der Waals surface area contributed by atoms with Crippen molar-refractivity contribution in [3.05, 3.63) is 77.9 Å². The van der Waals surface area contributed by atoms with Gasteiger partial charge in [0, 0.05) is 11.6 Å². The van der Waals surface area contributed by atoms with E-state index in [4.69, 9.17) is 14.2 Å². The monoisotopic (exact) mass is 391 g/mol. The number of hydrogen-bond acceptors (Lipinski definition) is 5. The molecule has 0 saturated carbocycles. The van der Waals surface area contributed by atoms with Gasteiger partial charge in [0.05, 0.1) is 11.3 Å². The lowest BCUT2D eigenvalue weighted by Crippen LogP contribution is -2.18. The molecule has 0 bridgehead atoms. The molecule has 1 heterocycles. The van der Waals surface area contributed by atoms with Crippen molar-refractivity contribution < 1.29 is 28.9 Å². The van der Waals surface area contributed by atoms with Crippen LogP contribution in [0.4, 0.5) is 5.69 Å². The molecule has 7 nitrogen and oxygen atoms in total. The molecule has 4 rings (SSSR count). The summed E-state index contributed by atoms with van der Waals surface area (Å²) in [5, 5.41) is 12.1. The second-order valence-corrected chi connectivity index (χ2v) is 6.24. The summed E-state index contributed by atoms with van der Waals surface area (Å²) in [6, 6.07) is 18.3. The minimum atomic E-state index is -1.16. The highest BCUT2D eigenvalue weighted by Crippen LogP contribution is 2.32. The smallest absolute Gasteiger partial charge is 0.337 e. The highest BCUT2D eigenvalue weighted by Gasteiger charge is 2.18. The van der Waals surface area contributed by atoms with Crippen molar-refractivity contribution in [2.24, 2.45) is 0 Å². The largest absolute Gasteiger partial charge is 0.486 e. The predicted octanol–water partition coefficient (Wildman–Crippen LogP) is 4.20. The van der Waals surface area contributed by atoms with Crippen LogP contribution in [0.3, 0.4) is 0 Å². The summed E-state index contributed by atoms with van der Waals surface area (Å²) in [4.78, 5) is 24.3. The van der Waals surface area contributed by atoms with Gasteiger partial charge in [0.2, 0.25) is 0 Å². The van der Waals surface area contributed by atoms with E-state index in [9.17, 15) is 14.7 Å². The Morgan fingerprint density at radius 2 is 1.62 bits per heavy atom. The maximum absolute atomic E-state index is 12.7. The van der Waals surface area contributed by atoms with Crippen LogP contribution in [0.1, 0.15) is 20.7 Å². The molecule has 3 aromatic carbocycles. The maximum atomic E-state index is 12.7. The van der Waals surface area contributed by atoms with Crippen molar-refractivity contribution in [2.45, 2.75) is 0 Å². The average molecular weight is 391 g/mol. The van der Waals surface area contributed by atoms with E-state index >= 15 is 0 Å². The van der Waals surface area contributed by atoms with Crippen molar-refractivity contribution in [2.75, 3.05) is 18.5 Å². The fourth-order valence-corrected chi connectivity index (χ4v) is 2.88. The molecule has 2 N–H and O–H groups in total. The van der Waals surface area contributed by atoms with Crippen molar-refractivity contribution in [3.8, 4) is 23.0 Å². The number of ether oxygens (including phenoxy) is 3. The molecule has 0 aliphatic carbocycles. The van der Waals surface area contributed by atoms with Gasteiger partial charge in [-0.3, -0.25) is 4.79 Å². The summed E-state index contributed by atoms with van der Waals surface area (Å²) < 4.78 is 16.7. The van der Waals surface area contributed by atoms with E-state index in [-0.39, 0.29) is 11.3 Å². The normalized spacial score (nSPS) is 12.1. The van der Waals surface area contributed by atoms with Crippen LogP contribution in [0.5, 0.6) is 23.0 Å². The standard InChI is InChI=1S/C22H17NO6/c24-21(14-6-9-19-20(12-14)28-11-10-27-19)23-18-13-16(7-8-17(18)22(25)26)29-15-4-2-1-3-5-15/h1-9,12-13H,10-11H2,(H,23,24)(H,25,26). The van der Waals surface area contributed by atoms with Gasteiger partial charge in [-0.15, -0.1) is 0 Å². The fourth-order valence-electron chi connectivity index (χ4n) is 2.88. The number of fused-ring (bicyclic) bond motifs is 1. The molecule has 146 valence electrons. The van der Waals surface area contributed by atoms with Crippen LogP contribution in [0.2, 0.25) is 0 Å². The first-order valence-corrected chi connectivity index (χ1v) is 8.91. The van der Waals surface area contributed by atoms with Gasteiger partial charge in [0.1, 0.15) is 24.7 Å². The summed E-state index contributed by atoms with van der Waals surface area (Å²) >= 11 is 0. The number of carbonyl (C=O) groups excluding carboxylic acids is 1. The lowest BCUT2D eigenvalue weighted by molar-refractivity contribution is 0.0698. The minimum Gasteiger partial charge on any atom is -0.486 e. The van der Waals surface area contributed by atoms with Gasteiger partial charge in [0.25, 0.3) is 5.91 Å². The Balaban J connectivity index is 1.60. The van der Waals surface area contributed by atoms with Gasteiger partial charge >= 0.3 is 5.97 Å². The topological polar surface area (TPSA) is 94.1 Å². The molecule has 0 aromatic heterocycles. The minimum absolute atomic E-state index is 0.0451. The zero-order chi connectivity index (χ0) is 20.2. The SMILES string of the molecule is O=C(Nc1cc(Oc2ccccc2)ccc1C(=O)O)c1ccc2c(c1)OCCO2. The number of aromatic carboxylic acids is 1. The molecule has 0 unspecified atom stereocenters. The van der Waals surface area contributed by atoms with Gasteiger partial charge in [0.15, 0.2) is 11.5 Å². The summed E-state index contributed by atoms with van der Waals surface area (Å²) in [5.41, 5.74) is 0.405. The van der Waals surface area contributed by atoms with E-state index in [1.54, 1.807) is 30.3 Å². The molecule has 29 heavy (non-hydrogen) atoms. The summed E-state index contributed by atoms with van der Waals surface area (Å²) in [7, 11) is 0. The van der Waals surface area contributed by atoms with E-state index in [2.05, 4.69) is 5.32 Å². The Morgan fingerprint density at radius 3 is 2.38 bits per heavy atom. The van der Waals surface area contributed by atoms with Crippen LogP contribution in [0.15, 0.2) is 66.7 Å². The number of carbonyl (C=O) groups is 2. The molecule has 0 spiro atoms. The van der Waals surface area contributed by atoms with Gasteiger partial charge in [-0.25, -0.2) is 4.79 Å². The Bertz CT molecular complexity index is 1060. The highest BCUT2D eigenvalue weighted by molar-refractivity contribution is 6.08. The molecule has 1 amide bonds. The first kappa shape index (κ1) is 18.4. The molecule has 0 saturated heterocycles. The molecule has 0 fully saturated rings. The van der Waals surface area contributed by atoms with Crippen molar-refractivity contribution in [3.63, 3.8) is 0 Å². The van der Waals surface area contributed by atoms with E-state index in [1.807, 2.05) is 18.2 Å². The quantitative estimate of drug-likeness (QED) is 0.677. The lowest BCUT2D eigenvalue weighted by Gasteiger charge is -2.19. The Morgan fingerprint density at radius 1 is 0.862 bits per heavy atom. The summed E-state index contributed by atoms with van der Waals surface area (Å²) in [5.74, 6) is 0.411. The number of carboxylic acids is 1. The van der Waals surface area contributed by atoms with Crippen molar-refractivity contribution in [1.29, 1.82) is 0 Å². The zero-order valence-electron chi connectivity index (χ0n) is 15.3. The summed E-state index contributed by atoms with van der Waals surface area (Å²) in [6.07, 6.45) is 0. The number of nitrogens with one attached hydrogen (secondary N) is 1. The first-order valence-electron chi connectivity index (χ1n) is 8.91. The van der Waals surface area contributed by atoms with Gasteiger partial charge < -0.3 is 24.6 Å². The van der Waals surface area contributed by atoms with Crippen LogP contribution in [-0.4, -0.2) is 30.2 Å². The number of anilines is 1. The predicted molar refractivity (Wildman–Crippen MR) is 105 cm³/mol. The van der Waals surface area contributed by atoms with Crippen molar-refractivity contribution in [1.82, 2.24) is 0 Å². The zero-order valence-corrected chi connectivity index (χ0v) is 15.3. The molecule has 7 heteroatoms. The second kappa shape index (κ2) is 7.93. The molecule has 0 radical (unpaired) electrons. The van der Waals surface area contributed by atoms with Crippen LogP contribution in [0, 0.1) is 0 Å². The van der Waals surface area contributed by atoms with Crippen molar-refractivity contribution >= 4 is 17.6 Å². The third kappa shape index (κ3) is 4.14. The highest BCUT2D eigenvalue weighted by atomic mass is 16.6. The van der Waals surface area contributed by atoms with Gasteiger partial charge in [-0.2, -0.15) is 0 Å². The molecule has 1 aliphatic heterocycles. The van der Waals surface area contributed by atoms with Crippen LogP contribution in [0.25, 0.3) is 0 Å². The van der Waals surface area contributed by atoms with Gasteiger partial charge in [-0.1, -0.05) is 18.2 Å².